The van der Waals surface area contributed by atoms with Gasteiger partial charge in [-0.25, -0.2) is 0 Å². The molecule has 3 atom stereocenters. The van der Waals surface area contributed by atoms with Gasteiger partial charge in [0.25, 0.3) is 0 Å². The van der Waals surface area contributed by atoms with E-state index in [2.05, 4.69) is 0 Å². The molecule has 2 bridgehead atoms. The van der Waals surface area contributed by atoms with E-state index < -0.39 is 18.4 Å². The Morgan fingerprint density at radius 1 is 1.16 bits per heavy atom. The van der Waals surface area contributed by atoms with Crippen LogP contribution in [0.1, 0.15) is 32.1 Å². The highest BCUT2D eigenvalue weighted by Crippen LogP contribution is 2.49. The van der Waals surface area contributed by atoms with E-state index in [0.717, 1.165) is 17.2 Å². The van der Waals surface area contributed by atoms with E-state index in [4.69, 9.17) is 10.8 Å². The summed E-state index contributed by atoms with van der Waals surface area (Å²) in [7, 11) is 0. The molecule has 6 nitrogen and oxygen atoms in total. The summed E-state index contributed by atoms with van der Waals surface area (Å²) in [5, 5.41) is 8.77. The summed E-state index contributed by atoms with van der Waals surface area (Å²) in [5.41, 5.74) is 5.05. The number of carboxylic acids is 1. The summed E-state index contributed by atoms with van der Waals surface area (Å²) in [5.74, 6) is -0.361. The van der Waals surface area contributed by atoms with E-state index in [1.54, 1.807) is 0 Å². The number of nitrogens with zero attached hydrogens (tertiary/aromatic N) is 1. The zero-order valence-electron chi connectivity index (χ0n) is 10.9. The number of carboxylic acid groups (broad SMARTS) is 1. The van der Waals surface area contributed by atoms with Crippen molar-refractivity contribution < 1.29 is 19.5 Å². The van der Waals surface area contributed by atoms with Crippen LogP contribution in [-0.2, 0) is 14.4 Å². The molecule has 0 spiro atoms. The first kappa shape index (κ1) is 13.8. The maximum atomic E-state index is 12.1. The van der Waals surface area contributed by atoms with Gasteiger partial charge in [-0.15, -0.1) is 0 Å². The van der Waals surface area contributed by atoms with Crippen LogP contribution in [0.5, 0.6) is 0 Å². The van der Waals surface area contributed by atoms with E-state index in [-0.39, 0.29) is 12.5 Å². The fourth-order valence-corrected chi connectivity index (χ4v) is 3.56. The maximum absolute atomic E-state index is 12.1. The molecule has 6 heteroatoms. The summed E-state index contributed by atoms with van der Waals surface area (Å²) in [6.45, 7) is -0.769. The van der Waals surface area contributed by atoms with Crippen molar-refractivity contribution in [2.75, 3.05) is 13.1 Å². The van der Waals surface area contributed by atoms with Crippen molar-refractivity contribution in [3.05, 3.63) is 0 Å². The average molecular weight is 268 g/mol. The lowest BCUT2D eigenvalue weighted by Crippen LogP contribution is -2.42. The largest absolute Gasteiger partial charge is 0.480 e. The van der Waals surface area contributed by atoms with Gasteiger partial charge < -0.3 is 15.7 Å². The molecule has 0 heterocycles. The standard InChI is InChI=1S/C13H20N2O4/c14-11(16)6-15(7-13(18)19)12(17)5-10-4-8-1-2-9(10)3-8/h8-10H,1-7H2,(H2,14,16)(H,18,19). The molecule has 0 aromatic carbocycles. The summed E-state index contributed by atoms with van der Waals surface area (Å²) in [4.78, 5) is 34.8. The number of hydrogen-bond acceptors (Lipinski definition) is 3. The molecule has 0 saturated heterocycles. The van der Waals surface area contributed by atoms with Gasteiger partial charge in [-0.3, -0.25) is 14.4 Å². The molecule has 2 amide bonds. The predicted octanol–water partition coefficient (Wildman–Crippen LogP) is 0.211. The van der Waals surface area contributed by atoms with Crippen LogP contribution in [-0.4, -0.2) is 40.9 Å². The van der Waals surface area contributed by atoms with Gasteiger partial charge in [0.1, 0.15) is 6.54 Å². The third-order valence-electron chi connectivity index (χ3n) is 4.35. The summed E-state index contributed by atoms with van der Waals surface area (Å²) < 4.78 is 0. The number of carbonyl (C=O) groups excluding carboxylic acids is 2. The molecule has 19 heavy (non-hydrogen) atoms. The number of primary amides is 1. The quantitative estimate of drug-likeness (QED) is 0.719. The number of nitrogens with two attached hydrogens (primary N) is 1. The maximum Gasteiger partial charge on any atom is 0.323 e. The Morgan fingerprint density at radius 2 is 1.89 bits per heavy atom. The Morgan fingerprint density at radius 3 is 2.37 bits per heavy atom. The number of carbonyl (C=O) groups is 3. The van der Waals surface area contributed by atoms with Crippen LogP contribution >= 0.6 is 0 Å². The van der Waals surface area contributed by atoms with Gasteiger partial charge >= 0.3 is 5.97 Å². The minimum Gasteiger partial charge on any atom is -0.480 e. The minimum atomic E-state index is -1.12. The molecule has 2 saturated carbocycles. The monoisotopic (exact) mass is 268 g/mol. The molecule has 2 aliphatic carbocycles. The zero-order valence-corrected chi connectivity index (χ0v) is 10.9. The second-order valence-electron chi connectivity index (χ2n) is 5.75. The van der Waals surface area contributed by atoms with Gasteiger partial charge in [0.15, 0.2) is 0 Å². The van der Waals surface area contributed by atoms with Crippen molar-refractivity contribution in [3.8, 4) is 0 Å². The first-order valence-corrected chi connectivity index (χ1v) is 6.73. The molecule has 2 aliphatic rings. The number of hydrogen-bond donors (Lipinski definition) is 2. The summed E-state index contributed by atoms with van der Waals surface area (Å²) >= 11 is 0. The molecule has 3 N–H and O–H groups in total. The van der Waals surface area contributed by atoms with Gasteiger partial charge in [0.2, 0.25) is 11.8 Å². The van der Waals surface area contributed by atoms with E-state index in [9.17, 15) is 14.4 Å². The minimum absolute atomic E-state index is 0.265. The van der Waals surface area contributed by atoms with Gasteiger partial charge in [-0.2, -0.15) is 0 Å². The van der Waals surface area contributed by atoms with Crippen LogP contribution in [0.3, 0.4) is 0 Å². The second-order valence-corrected chi connectivity index (χ2v) is 5.75. The number of aliphatic carboxylic acids is 1. The molecule has 0 aromatic rings. The Labute approximate surface area is 111 Å². The Hall–Kier alpha value is -1.59. The molecule has 0 aromatic heterocycles. The highest BCUT2D eigenvalue weighted by atomic mass is 16.4. The van der Waals surface area contributed by atoms with Crippen molar-refractivity contribution in [1.82, 2.24) is 4.90 Å². The van der Waals surface area contributed by atoms with Crippen molar-refractivity contribution in [2.45, 2.75) is 32.1 Å². The lowest BCUT2D eigenvalue weighted by molar-refractivity contribution is -0.146. The second kappa shape index (κ2) is 5.59. The van der Waals surface area contributed by atoms with Crippen LogP contribution in [0.25, 0.3) is 0 Å². The van der Waals surface area contributed by atoms with Gasteiger partial charge in [0, 0.05) is 6.42 Å². The van der Waals surface area contributed by atoms with Gasteiger partial charge in [-0.05, 0) is 37.0 Å². The Bertz CT molecular complexity index is 380. The van der Waals surface area contributed by atoms with Gasteiger partial charge in [0.05, 0.1) is 6.54 Å². The summed E-state index contributed by atoms with van der Waals surface area (Å²) in [6, 6.07) is 0. The van der Waals surface area contributed by atoms with Crippen LogP contribution in [0.2, 0.25) is 0 Å². The fourth-order valence-electron chi connectivity index (χ4n) is 3.56. The lowest BCUT2D eigenvalue weighted by atomic mass is 9.86. The van der Waals surface area contributed by atoms with Crippen molar-refractivity contribution in [3.63, 3.8) is 0 Å². The van der Waals surface area contributed by atoms with Crippen LogP contribution in [0.15, 0.2) is 0 Å². The molecule has 2 rings (SSSR count). The zero-order chi connectivity index (χ0) is 14.0. The first-order chi connectivity index (χ1) is 8.95. The third-order valence-corrected chi connectivity index (χ3v) is 4.35. The van der Waals surface area contributed by atoms with E-state index in [0.29, 0.717) is 18.3 Å². The van der Waals surface area contributed by atoms with Crippen LogP contribution < -0.4 is 5.73 Å². The molecule has 0 aliphatic heterocycles. The first-order valence-electron chi connectivity index (χ1n) is 6.73. The van der Waals surface area contributed by atoms with E-state index >= 15 is 0 Å². The SMILES string of the molecule is NC(=O)CN(CC(=O)O)C(=O)CC1CC2CCC1C2. The molecule has 0 radical (unpaired) electrons. The van der Waals surface area contributed by atoms with Crippen molar-refractivity contribution >= 4 is 17.8 Å². The lowest BCUT2D eigenvalue weighted by Gasteiger charge is -2.25. The molecule has 3 unspecified atom stereocenters. The predicted molar refractivity (Wildman–Crippen MR) is 67.0 cm³/mol. The van der Waals surface area contributed by atoms with Crippen LogP contribution in [0, 0.1) is 17.8 Å². The number of amides is 2. The van der Waals surface area contributed by atoms with E-state index in [1.165, 1.54) is 19.3 Å². The normalized spacial score (nSPS) is 28.3. The molecular formula is C13H20N2O4. The Kier molecular flexibility index (Phi) is 4.07. The van der Waals surface area contributed by atoms with E-state index in [1.807, 2.05) is 0 Å². The average Bonchev–Trinajstić information content (AvgIpc) is 2.88. The molecule has 106 valence electrons. The smallest absolute Gasteiger partial charge is 0.323 e. The molecule has 2 fully saturated rings. The van der Waals surface area contributed by atoms with Gasteiger partial charge in [-0.1, -0.05) is 6.42 Å². The van der Waals surface area contributed by atoms with Crippen LogP contribution in [0.4, 0.5) is 0 Å². The van der Waals surface area contributed by atoms with Crippen molar-refractivity contribution in [1.29, 1.82) is 0 Å². The highest BCUT2D eigenvalue weighted by molar-refractivity contribution is 5.86. The molecular weight excluding hydrogens is 248 g/mol. The topological polar surface area (TPSA) is 101 Å². The Balaban J connectivity index is 1.91. The fraction of sp³-hybridized carbons (Fsp3) is 0.769. The highest BCUT2D eigenvalue weighted by Gasteiger charge is 2.40. The number of fused-ring (bicyclic) bond motifs is 2. The van der Waals surface area contributed by atoms with Crippen molar-refractivity contribution in [2.24, 2.45) is 23.5 Å². The number of rotatable bonds is 6. The summed E-state index contributed by atoms with van der Waals surface area (Å²) in [6.07, 6.45) is 5.05. The third kappa shape index (κ3) is 3.45.